The van der Waals surface area contributed by atoms with Crippen LogP contribution in [-0.4, -0.2) is 46.7 Å². The Labute approximate surface area is 180 Å². The molecule has 2 atom stereocenters. The van der Waals surface area contributed by atoms with Crippen LogP contribution in [0.1, 0.15) is 12.1 Å². The number of carbonyl (C=O) groups excluding carboxylic acids is 1. The van der Waals surface area contributed by atoms with Crippen LogP contribution in [0.4, 0.5) is 11.5 Å². The van der Waals surface area contributed by atoms with Crippen molar-refractivity contribution in [3.63, 3.8) is 0 Å². The minimum Gasteiger partial charge on any atom is -0.492 e. The Morgan fingerprint density at radius 2 is 2.23 bits per heavy atom. The SMILES string of the molecule is Cc1nc(-c2cccc(OCC3CC(Oc4ccncc4NC=O)CN3)c2)cnc1N. The Morgan fingerprint density at radius 3 is 3.06 bits per heavy atom. The van der Waals surface area contributed by atoms with E-state index in [9.17, 15) is 4.79 Å². The molecule has 1 aliphatic heterocycles. The molecule has 3 aromatic rings. The monoisotopic (exact) mass is 420 g/mol. The summed E-state index contributed by atoms with van der Waals surface area (Å²) in [7, 11) is 0. The van der Waals surface area contributed by atoms with Crippen molar-refractivity contribution in [3.05, 3.63) is 54.6 Å². The number of anilines is 2. The molecule has 4 rings (SSSR count). The summed E-state index contributed by atoms with van der Waals surface area (Å²) in [6.07, 6.45) is 6.22. The largest absolute Gasteiger partial charge is 0.492 e. The molecule has 4 N–H and O–H groups in total. The Morgan fingerprint density at radius 1 is 1.32 bits per heavy atom. The number of aryl methyl sites for hydroxylation is 1. The topological polar surface area (TPSA) is 124 Å². The molecular weight excluding hydrogens is 396 g/mol. The number of amides is 1. The number of nitrogens with one attached hydrogen (secondary N) is 2. The minimum atomic E-state index is -0.0254. The highest BCUT2D eigenvalue weighted by molar-refractivity contribution is 5.74. The van der Waals surface area contributed by atoms with Gasteiger partial charge in [0.15, 0.2) is 0 Å². The smallest absolute Gasteiger partial charge is 0.211 e. The fourth-order valence-corrected chi connectivity index (χ4v) is 3.41. The van der Waals surface area contributed by atoms with Crippen LogP contribution in [0.25, 0.3) is 11.3 Å². The Balaban J connectivity index is 1.33. The predicted octanol–water partition coefficient (Wildman–Crippen LogP) is 2.19. The summed E-state index contributed by atoms with van der Waals surface area (Å²) in [5, 5.41) is 6.02. The van der Waals surface area contributed by atoms with E-state index in [0.29, 0.717) is 42.5 Å². The lowest BCUT2D eigenvalue weighted by molar-refractivity contribution is -0.105. The van der Waals surface area contributed by atoms with Crippen molar-refractivity contribution < 1.29 is 14.3 Å². The lowest BCUT2D eigenvalue weighted by Gasteiger charge is -2.16. The van der Waals surface area contributed by atoms with Gasteiger partial charge in [0.25, 0.3) is 0 Å². The Kier molecular flexibility index (Phi) is 6.23. The van der Waals surface area contributed by atoms with Crippen LogP contribution >= 0.6 is 0 Å². The van der Waals surface area contributed by atoms with Gasteiger partial charge in [0.2, 0.25) is 6.41 Å². The first-order valence-corrected chi connectivity index (χ1v) is 9.99. The second-order valence-electron chi connectivity index (χ2n) is 7.28. The van der Waals surface area contributed by atoms with Gasteiger partial charge in [0.1, 0.15) is 35.7 Å². The minimum absolute atomic E-state index is 0.0254. The lowest BCUT2D eigenvalue weighted by Crippen LogP contribution is -2.28. The maximum absolute atomic E-state index is 10.7. The average molecular weight is 420 g/mol. The maximum Gasteiger partial charge on any atom is 0.211 e. The third-order valence-corrected chi connectivity index (χ3v) is 5.04. The van der Waals surface area contributed by atoms with Crippen LogP contribution in [0.2, 0.25) is 0 Å². The van der Waals surface area contributed by atoms with E-state index < -0.39 is 0 Å². The molecule has 1 saturated heterocycles. The van der Waals surface area contributed by atoms with Gasteiger partial charge < -0.3 is 25.8 Å². The van der Waals surface area contributed by atoms with Crippen molar-refractivity contribution in [3.8, 4) is 22.8 Å². The van der Waals surface area contributed by atoms with Crippen LogP contribution < -0.4 is 25.8 Å². The first-order valence-electron chi connectivity index (χ1n) is 9.99. The zero-order valence-corrected chi connectivity index (χ0v) is 17.1. The van der Waals surface area contributed by atoms with E-state index in [-0.39, 0.29) is 12.1 Å². The number of aromatic nitrogens is 3. The summed E-state index contributed by atoms with van der Waals surface area (Å²) in [5.74, 6) is 1.79. The van der Waals surface area contributed by atoms with Gasteiger partial charge in [-0.25, -0.2) is 9.97 Å². The van der Waals surface area contributed by atoms with Crippen molar-refractivity contribution in [1.82, 2.24) is 20.3 Å². The van der Waals surface area contributed by atoms with Gasteiger partial charge in [-0.3, -0.25) is 9.78 Å². The maximum atomic E-state index is 10.7. The number of hydrogen-bond acceptors (Lipinski definition) is 8. The molecule has 3 heterocycles. The molecule has 0 saturated carbocycles. The van der Waals surface area contributed by atoms with Crippen molar-refractivity contribution >= 4 is 17.9 Å². The molecule has 0 radical (unpaired) electrons. The van der Waals surface area contributed by atoms with Crippen molar-refractivity contribution in [2.45, 2.75) is 25.5 Å². The molecule has 1 amide bonds. The van der Waals surface area contributed by atoms with Gasteiger partial charge in [0.05, 0.1) is 23.8 Å². The summed E-state index contributed by atoms with van der Waals surface area (Å²) in [4.78, 5) is 23.4. The van der Waals surface area contributed by atoms with Gasteiger partial charge in [-0.2, -0.15) is 0 Å². The highest BCUT2D eigenvalue weighted by Crippen LogP contribution is 2.26. The molecule has 0 spiro atoms. The summed E-state index contributed by atoms with van der Waals surface area (Å²) < 4.78 is 12.0. The summed E-state index contributed by atoms with van der Waals surface area (Å²) >= 11 is 0. The standard InChI is InChI=1S/C22H24N6O3/c1-14-22(23)26-11-19(28-14)15-3-2-4-17(7-15)30-12-16-8-18(9-25-16)31-21-5-6-24-10-20(21)27-13-29/h2-7,10-11,13,16,18,25H,8-9,12H2,1H3,(H2,23,26)(H,27,29). The number of nitrogen functional groups attached to an aromatic ring is 1. The van der Waals surface area contributed by atoms with Crippen molar-refractivity contribution in [2.75, 3.05) is 24.2 Å². The zero-order chi connectivity index (χ0) is 21.6. The third-order valence-electron chi connectivity index (χ3n) is 5.04. The summed E-state index contributed by atoms with van der Waals surface area (Å²) in [6.45, 7) is 3.03. The van der Waals surface area contributed by atoms with E-state index >= 15 is 0 Å². The number of ether oxygens (including phenoxy) is 2. The van der Waals surface area contributed by atoms with Crippen LogP contribution in [0, 0.1) is 6.92 Å². The molecule has 160 valence electrons. The number of hydrogen-bond donors (Lipinski definition) is 3. The molecule has 2 unspecified atom stereocenters. The van der Waals surface area contributed by atoms with E-state index in [1.54, 1.807) is 24.7 Å². The van der Waals surface area contributed by atoms with Crippen LogP contribution in [-0.2, 0) is 4.79 Å². The Bertz CT molecular complexity index is 1060. The first kappa shape index (κ1) is 20.5. The zero-order valence-electron chi connectivity index (χ0n) is 17.1. The fourth-order valence-electron chi connectivity index (χ4n) is 3.41. The molecule has 2 aromatic heterocycles. The summed E-state index contributed by atoms with van der Waals surface area (Å²) in [5.41, 5.74) is 8.68. The molecule has 9 heteroatoms. The second kappa shape index (κ2) is 9.40. The van der Waals surface area contributed by atoms with Crippen LogP contribution in [0.3, 0.4) is 0 Å². The highest BCUT2D eigenvalue weighted by Gasteiger charge is 2.26. The number of rotatable bonds is 8. The van der Waals surface area contributed by atoms with E-state index in [1.165, 1.54) is 0 Å². The van der Waals surface area contributed by atoms with E-state index in [4.69, 9.17) is 15.2 Å². The predicted molar refractivity (Wildman–Crippen MR) is 117 cm³/mol. The van der Waals surface area contributed by atoms with E-state index in [0.717, 1.165) is 23.4 Å². The second-order valence-corrected chi connectivity index (χ2v) is 7.28. The normalized spacial score (nSPS) is 17.8. The quantitative estimate of drug-likeness (QED) is 0.474. The molecule has 0 bridgehead atoms. The van der Waals surface area contributed by atoms with E-state index in [1.807, 2.05) is 31.2 Å². The van der Waals surface area contributed by atoms with Gasteiger partial charge in [-0.05, 0) is 19.1 Å². The van der Waals surface area contributed by atoms with Crippen molar-refractivity contribution in [2.24, 2.45) is 0 Å². The van der Waals surface area contributed by atoms with Gasteiger partial charge in [-0.15, -0.1) is 0 Å². The number of carbonyl (C=O) groups is 1. The molecule has 0 aliphatic carbocycles. The molecule has 31 heavy (non-hydrogen) atoms. The average Bonchev–Trinajstić information content (AvgIpc) is 3.23. The van der Waals surface area contributed by atoms with Crippen LogP contribution in [0.5, 0.6) is 11.5 Å². The first-order chi connectivity index (χ1) is 15.1. The number of pyridine rings is 1. The van der Waals surface area contributed by atoms with Gasteiger partial charge in [-0.1, -0.05) is 12.1 Å². The number of nitrogens with two attached hydrogens (primary N) is 1. The lowest BCUT2D eigenvalue weighted by atomic mass is 10.1. The molecule has 9 nitrogen and oxygen atoms in total. The summed E-state index contributed by atoms with van der Waals surface area (Å²) in [6, 6.07) is 9.63. The van der Waals surface area contributed by atoms with Gasteiger partial charge in [0, 0.05) is 36.8 Å². The molecule has 1 fully saturated rings. The fraction of sp³-hybridized carbons (Fsp3) is 0.273. The number of nitrogens with zero attached hydrogens (tertiary/aromatic N) is 3. The van der Waals surface area contributed by atoms with Gasteiger partial charge >= 0.3 is 0 Å². The highest BCUT2D eigenvalue weighted by atomic mass is 16.5. The Hall–Kier alpha value is -3.72. The van der Waals surface area contributed by atoms with Crippen LogP contribution in [0.15, 0.2) is 48.9 Å². The molecule has 1 aromatic carbocycles. The van der Waals surface area contributed by atoms with Crippen molar-refractivity contribution in [1.29, 1.82) is 0 Å². The number of benzene rings is 1. The molecular formula is C22H24N6O3. The molecule has 1 aliphatic rings. The third kappa shape index (κ3) is 5.07. The van der Waals surface area contributed by atoms with E-state index in [2.05, 4.69) is 25.6 Å².